The predicted molar refractivity (Wildman–Crippen MR) is 341 cm³/mol. The van der Waals surface area contributed by atoms with Crippen molar-refractivity contribution in [1.29, 1.82) is 0 Å². The minimum Gasteiger partial charge on any atom is -0.494 e. The van der Waals surface area contributed by atoms with Crippen molar-refractivity contribution in [2.24, 2.45) is 11.3 Å². The number of fused-ring (bicyclic) bond motifs is 6. The molecule has 6 aliphatic rings. The van der Waals surface area contributed by atoms with Crippen LogP contribution in [0.5, 0.6) is 5.75 Å². The summed E-state index contributed by atoms with van der Waals surface area (Å²) in [6.45, 7) is 15.7. The van der Waals surface area contributed by atoms with Gasteiger partial charge in [-0.15, -0.1) is 0 Å². The largest absolute Gasteiger partial charge is 0.494 e. The fraction of sp³-hybridized carbons (Fsp3) is 0.282. The van der Waals surface area contributed by atoms with Crippen LogP contribution in [-0.2, 0) is 5.41 Å². The van der Waals surface area contributed by atoms with Crippen LogP contribution >= 0.6 is 0 Å². The summed E-state index contributed by atoms with van der Waals surface area (Å²) in [5.41, 5.74) is 23.4. The van der Waals surface area contributed by atoms with Crippen molar-refractivity contribution < 1.29 is 4.74 Å². The molecule has 81 heavy (non-hydrogen) atoms. The molecule has 0 spiro atoms. The van der Waals surface area contributed by atoms with Gasteiger partial charge >= 0.3 is 0 Å². The summed E-state index contributed by atoms with van der Waals surface area (Å²) in [6, 6.07) is 64.3. The van der Waals surface area contributed by atoms with E-state index in [9.17, 15) is 0 Å². The van der Waals surface area contributed by atoms with Crippen LogP contribution in [0.2, 0.25) is 0 Å². The number of anilines is 3. The number of ether oxygens (including phenoxy) is 1. The van der Waals surface area contributed by atoms with Crippen LogP contribution < -0.4 is 14.5 Å². The van der Waals surface area contributed by atoms with Gasteiger partial charge in [0.25, 0.3) is 0 Å². The molecule has 0 aromatic heterocycles. The minimum atomic E-state index is -0.311. The Hall–Kier alpha value is -7.88. The van der Waals surface area contributed by atoms with Gasteiger partial charge in [-0.3, -0.25) is 0 Å². The lowest BCUT2D eigenvalue weighted by molar-refractivity contribution is 0.301. The molecule has 13 rings (SSSR count). The van der Waals surface area contributed by atoms with Crippen molar-refractivity contribution in [2.75, 3.05) is 16.4 Å². The van der Waals surface area contributed by atoms with E-state index in [1.54, 1.807) is 22.4 Å². The Balaban J connectivity index is 0.799. The SMILES string of the molecule is C=Cc1ccc(OCCCCC2(c3ccccc3)c3ccccc3-c3ccc(N(C4=CCC(c5ccc6c(c5)C5CC(C7=CC=C(C(C)(C)C)C7)CC=C5N6C5C=CC(c6ccc(C=C)cc6)CC5)CC4)c4ccccc4)cc32)cc1. The third-order valence-electron chi connectivity index (χ3n) is 19.3. The third-order valence-corrected chi connectivity index (χ3v) is 19.3. The maximum Gasteiger partial charge on any atom is 0.119 e. The van der Waals surface area contributed by atoms with Gasteiger partial charge in [-0.2, -0.15) is 0 Å². The number of unbranched alkanes of at least 4 members (excludes halogenated alkanes) is 1. The third kappa shape index (κ3) is 10.0. The number of benzene rings is 7. The second kappa shape index (κ2) is 22.2. The summed E-state index contributed by atoms with van der Waals surface area (Å²) in [4.78, 5) is 5.35. The fourth-order valence-electron chi connectivity index (χ4n) is 14.8. The van der Waals surface area contributed by atoms with E-state index in [2.05, 4.69) is 250 Å². The number of para-hydroxylation sites is 1. The van der Waals surface area contributed by atoms with Gasteiger partial charge in [-0.1, -0.05) is 221 Å². The second-order valence-electron chi connectivity index (χ2n) is 24.9. The van der Waals surface area contributed by atoms with Crippen LogP contribution in [-0.4, -0.2) is 12.6 Å². The van der Waals surface area contributed by atoms with Crippen molar-refractivity contribution in [3.05, 3.63) is 287 Å². The lowest BCUT2D eigenvalue weighted by atomic mass is 9.69. The van der Waals surface area contributed by atoms with E-state index in [0.29, 0.717) is 36.3 Å². The average Bonchev–Trinajstić information content (AvgIpc) is 4.33. The normalized spacial score (nSPS) is 22.6. The lowest BCUT2D eigenvalue weighted by Gasteiger charge is -2.36. The summed E-state index contributed by atoms with van der Waals surface area (Å²) in [6.07, 6.45) is 30.8. The van der Waals surface area contributed by atoms with E-state index in [1.807, 2.05) is 12.2 Å². The molecule has 6 atom stereocenters. The summed E-state index contributed by atoms with van der Waals surface area (Å²) < 4.78 is 6.31. The molecule has 1 heterocycles. The molecule has 7 aromatic carbocycles. The number of hydrogen-bond acceptors (Lipinski definition) is 3. The Kier molecular flexibility index (Phi) is 14.4. The molecule has 5 aliphatic carbocycles. The molecule has 0 radical (unpaired) electrons. The Morgan fingerprint density at radius 3 is 2.07 bits per heavy atom. The highest BCUT2D eigenvalue weighted by atomic mass is 16.5. The Morgan fingerprint density at radius 2 is 1.36 bits per heavy atom. The van der Waals surface area contributed by atoms with Crippen molar-refractivity contribution in [3.63, 3.8) is 0 Å². The number of rotatable bonds is 16. The summed E-state index contributed by atoms with van der Waals surface area (Å²) >= 11 is 0. The first-order valence-electron chi connectivity index (χ1n) is 30.3. The Labute approximate surface area is 483 Å². The zero-order valence-electron chi connectivity index (χ0n) is 47.9. The molecule has 0 N–H and O–H groups in total. The molecule has 0 saturated heterocycles. The fourth-order valence-corrected chi connectivity index (χ4v) is 14.8. The Bertz CT molecular complexity index is 3620. The predicted octanol–water partition coefficient (Wildman–Crippen LogP) is 20.5. The molecule has 7 aromatic rings. The monoisotopic (exact) mass is 1060 g/mol. The maximum absolute atomic E-state index is 6.31. The van der Waals surface area contributed by atoms with E-state index in [-0.39, 0.29) is 10.8 Å². The molecule has 406 valence electrons. The average molecular weight is 1060 g/mol. The maximum atomic E-state index is 6.31. The number of hydrogen-bond donors (Lipinski definition) is 0. The first-order valence-corrected chi connectivity index (χ1v) is 30.3. The summed E-state index contributed by atoms with van der Waals surface area (Å²) in [7, 11) is 0. The summed E-state index contributed by atoms with van der Waals surface area (Å²) in [5.74, 6) is 2.78. The van der Waals surface area contributed by atoms with Gasteiger partial charge in [0.2, 0.25) is 0 Å². The van der Waals surface area contributed by atoms with Crippen molar-refractivity contribution in [2.45, 2.75) is 121 Å². The quantitative estimate of drug-likeness (QED) is 0.0709. The van der Waals surface area contributed by atoms with Crippen molar-refractivity contribution >= 4 is 29.2 Å². The van der Waals surface area contributed by atoms with Crippen molar-refractivity contribution in [3.8, 4) is 16.9 Å². The van der Waals surface area contributed by atoms with Crippen LogP contribution in [0.3, 0.4) is 0 Å². The van der Waals surface area contributed by atoms with E-state index < -0.39 is 0 Å². The van der Waals surface area contributed by atoms with E-state index in [4.69, 9.17) is 4.74 Å². The number of nitrogens with zero attached hydrogens (tertiary/aromatic N) is 2. The van der Waals surface area contributed by atoms with E-state index in [0.717, 1.165) is 75.5 Å². The smallest absolute Gasteiger partial charge is 0.119 e. The highest BCUT2D eigenvalue weighted by molar-refractivity contribution is 5.86. The van der Waals surface area contributed by atoms with Crippen LogP contribution in [0.4, 0.5) is 17.1 Å². The van der Waals surface area contributed by atoms with Crippen LogP contribution in [0.25, 0.3) is 23.3 Å². The van der Waals surface area contributed by atoms with Gasteiger partial charge in [-0.05, 0) is 186 Å². The zero-order chi connectivity index (χ0) is 55.1. The van der Waals surface area contributed by atoms with Gasteiger partial charge in [0.05, 0.1) is 12.6 Å². The molecule has 0 saturated carbocycles. The Morgan fingerprint density at radius 1 is 0.642 bits per heavy atom. The molecular weight excluding hydrogens is 981 g/mol. The standard InChI is InChI=1S/C78H78N2O/c1-6-54-24-28-56(29-25-54)57-31-40-66(41-32-57)80-75-46-35-60(51-71(75)72-52-61(36-47-76(72)80)59-30-37-63(50-59)77(3,4)5)58-33-38-65(39-34-58)79(64-20-12-9-13-21-64)67-42-45-70-69-22-14-15-23-73(69)78(74(70)53-67,62-18-10-8-11-19-62)48-16-17-49-81-68-43-26-55(7-2)27-44-68/h6-15,18-31,35,37-38,40,42-47,51,53,57-58,61,66,72H,1-2,16-17,32-34,36,39,41,48-50,52H2,3-5H3. The zero-order valence-corrected chi connectivity index (χ0v) is 47.9. The van der Waals surface area contributed by atoms with E-state index in [1.165, 1.54) is 73.7 Å². The molecule has 6 unspecified atom stereocenters. The first-order chi connectivity index (χ1) is 39.7. The highest BCUT2D eigenvalue weighted by Crippen LogP contribution is 2.58. The molecule has 0 amide bonds. The van der Waals surface area contributed by atoms with Crippen LogP contribution in [0, 0.1) is 11.3 Å². The number of allylic oxidation sites excluding steroid dienone is 9. The van der Waals surface area contributed by atoms with Gasteiger partial charge < -0.3 is 14.5 Å². The second-order valence-corrected chi connectivity index (χ2v) is 24.9. The van der Waals surface area contributed by atoms with Gasteiger partial charge in [-0.25, -0.2) is 0 Å². The van der Waals surface area contributed by atoms with Crippen LogP contribution in [0.15, 0.2) is 242 Å². The molecule has 1 aliphatic heterocycles. The molecule has 3 heteroatoms. The van der Waals surface area contributed by atoms with Gasteiger partial charge in [0, 0.05) is 45.7 Å². The van der Waals surface area contributed by atoms with E-state index >= 15 is 0 Å². The van der Waals surface area contributed by atoms with Crippen LogP contribution in [0.1, 0.15) is 154 Å². The highest BCUT2D eigenvalue weighted by Gasteiger charge is 2.45. The van der Waals surface area contributed by atoms with Crippen molar-refractivity contribution in [1.82, 2.24) is 0 Å². The molecule has 0 bridgehead atoms. The summed E-state index contributed by atoms with van der Waals surface area (Å²) in [5, 5.41) is 0. The molecule has 0 fully saturated rings. The lowest BCUT2D eigenvalue weighted by Crippen LogP contribution is -2.34. The minimum absolute atomic E-state index is 0.198. The molecule has 3 nitrogen and oxygen atoms in total. The topological polar surface area (TPSA) is 15.7 Å². The van der Waals surface area contributed by atoms with Gasteiger partial charge in [0.15, 0.2) is 0 Å². The molecular formula is C78H78N2O. The first kappa shape index (κ1) is 52.5. The van der Waals surface area contributed by atoms with Gasteiger partial charge in [0.1, 0.15) is 5.75 Å².